The minimum Gasteiger partial charge on any atom is -0.490 e. The second-order valence-corrected chi connectivity index (χ2v) is 9.59. The van der Waals surface area contributed by atoms with Gasteiger partial charge in [0, 0.05) is 5.02 Å². The normalized spacial score (nSPS) is 15.2. The van der Waals surface area contributed by atoms with Crippen molar-refractivity contribution < 1.29 is 28.6 Å². The fourth-order valence-corrected chi connectivity index (χ4v) is 4.22. The van der Waals surface area contributed by atoms with E-state index in [9.17, 15) is 14.4 Å². The van der Waals surface area contributed by atoms with Gasteiger partial charge in [-0.1, -0.05) is 43.6 Å². The lowest BCUT2D eigenvalue weighted by Crippen LogP contribution is -2.54. The van der Waals surface area contributed by atoms with E-state index in [-0.39, 0.29) is 17.9 Å². The molecule has 208 valence electrons. The number of urea groups is 1. The number of ether oxygens (including phenoxy) is 3. The van der Waals surface area contributed by atoms with Crippen molar-refractivity contribution in [2.24, 2.45) is 0 Å². The highest BCUT2D eigenvalue weighted by Crippen LogP contribution is 2.31. The van der Waals surface area contributed by atoms with Gasteiger partial charge in [0.05, 0.1) is 12.3 Å². The lowest BCUT2D eigenvalue weighted by molar-refractivity contribution is -0.122. The van der Waals surface area contributed by atoms with Crippen LogP contribution < -0.4 is 24.4 Å². The van der Waals surface area contributed by atoms with Crippen LogP contribution in [0, 0.1) is 0 Å². The van der Waals surface area contributed by atoms with E-state index in [1.807, 2.05) is 19.1 Å². The van der Waals surface area contributed by atoms with Gasteiger partial charge in [0.25, 0.3) is 11.8 Å². The van der Waals surface area contributed by atoms with E-state index in [2.05, 4.69) is 31.3 Å². The van der Waals surface area contributed by atoms with Crippen LogP contribution >= 0.6 is 11.6 Å². The number of imide groups is 2. The maximum absolute atomic E-state index is 13.1. The summed E-state index contributed by atoms with van der Waals surface area (Å²) in [7, 11) is 0. The van der Waals surface area contributed by atoms with Gasteiger partial charge < -0.3 is 14.2 Å². The van der Waals surface area contributed by atoms with Crippen LogP contribution in [-0.2, 0) is 9.59 Å². The molecule has 3 aromatic carbocycles. The van der Waals surface area contributed by atoms with Crippen molar-refractivity contribution in [3.8, 4) is 17.2 Å². The molecule has 0 unspecified atom stereocenters. The SMILES string of the molecule is CCOc1cc(/C=C2/C(=O)NC(=O)N(c3ccc(Cl)cc3)C2=O)ccc1OCCOc1ccc([C@H](C)CC)cc1. The molecule has 0 aliphatic carbocycles. The molecule has 0 spiro atoms. The molecule has 4 amide bonds. The van der Waals surface area contributed by atoms with E-state index in [0.29, 0.717) is 41.2 Å². The molecule has 8 nitrogen and oxygen atoms in total. The minimum atomic E-state index is -0.832. The lowest BCUT2D eigenvalue weighted by Gasteiger charge is -2.26. The summed E-state index contributed by atoms with van der Waals surface area (Å²) in [6.07, 6.45) is 2.49. The number of carbonyl (C=O) groups is 3. The third-order valence-corrected chi connectivity index (χ3v) is 6.69. The third-order valence-electron chi connectivity index (χ3n) is 6.44. The van der Waals surface area contributed by atoms with Crippen LogP contribution in [0.15, 0.2) is 72.3 Å². The van der Waals surface area contributed by atoms with E-state index in [1.165, 1.54) is 23.8 Å². The number of hydrogen-bond acceptors (Lipinski definition) is 6. The maximum Gasteiger partial charge on any atom is 0.335 e. The molecule has 0 bridgehead atoms. The Kier molecular flexibility index (Phi) is 9.45. The first-order chi connectivity index (χ1) is 19.3. The van der Waals surface area contributed by atoms with Gasteiger partial charge in [-0.3, -0.25) is 14.9 Å². The number of barbiturate groups is 1. The first-order valence-corrected chi connectivity index (χ1v) is 13.5. The zero-order valence-corrected chi connectivity index (χ0v) is 23.4. The van der Waals surface area contributed by atoms with Gasteiger partial charge >= 0.3 is 6.03 Å². The number of rotatable bonds is 11. The number of anilines is 1. The van der Waals surface area contributed by atoms with Crippen LogP contribution in [0.1, 0.15) is 44.2 Å². The Bertz CT molecular complexity index is 1400. The monoisotopic (exact) mass is 562 g/mol. The molecule has 9 heteroatoms. The molecule has 0 aromatic heterocycles. The maximum atomic E-state index is 13.1. The van der Waals surface area contributed by atoms with Crippen molar-refractivity contribution >= 4 is 41.2 Å². The molecule has 1 aliphatic rings. The third kappa shape index (κ3) is 6.82. The molecule has 1 fully saturated rings. The summed E-state index contributed by atoms with van der Waals surface area (Å²) in [4.78, 5) is 39.0. The van der Waals surface area contributed by atoms with Crippen LogP contribution in [0.5, 0.6) is 17.2 Å². The molecular weight excluding hydrogens is 532 g/mol. The molecular formula is C31H31ClN2O6. The van der Waals surface area contributed by atoms with E-state index < -0.39 is 17.8 Å². The van der Waals surface area contributed by atoms with E-state index in [0.717, 1.165) is 17.1 Å². The summed E-state index contributed by atoms with van der Waals surface area (Å²) in [5.74, 6) is 0.686. The van der Waals surface area contributed by atoms with Crippen molar-refractivity contribution in [3.63, 3.8) is 0 Å². The smallest absolute Gasteiger partial charge is 0.335 e. The van der Waals surface area contributed by atoms with Crippen molar-refractivity contribution in [2.45, 2.75) is 33.1 Å². The summed E-state index contributed by atoms with van der Waals surface area (Å²) in [6, 6.07) is 18.5. The highest BCUT2D eigenvalue weighted by Gasteiger charge is 2.36. The Morgan fingerprint density at radius 2 is 1.57 bits per heavy atom. The number of amides is 4. The predicted molar refractivity (Wildman–Crippen MR) is 154 cm³/mol. The van der Waals surface area contributed by atoms with Crippen molar-refractivity contribution in [2.75, 3.05) is 24.7 Å². The summed E-state index contributed by atoms with van der Waals surface area (Å²) in [5, 5.41) is 2.66. The zero-order valence-electron chi connectivity index (χ0n) is 22.6. The van der Waals surface area contributed by atoms with Gasteiger partial charge in [0.15, 0.2) is 11.5 Å². The molecule has 1 saturated heterocycles. The van der Waals surface area contributed by atoms with Crippen molar-refractivity contribution in [3.05, 3.63) is 88.5 Å². The quantitative estimate of drug-likeness (QED) is 0.166. The van der Waals surface area contributed by atoms with Gasteiger partial charge in [-0.15, -0.1) is 0 Å². The van der Waals surface area contributed by atoms with Crippen molar-refractivity contribution in [1.82, 2.24) is 5.32 Å². The van der Waals surface area contributed by atoms with Crippen LogP contribution in [0.2, 0.25) is 5.02 Å². The van der Waals surface area contributed by atoms with E-state index in [1.54, 1.807) is 30.3 Å². The standard InChI is InChI=1S/C31H31ClN2O6/c1-4-20(3)22-7-13-25(14-8-22)39-16-17-40-27-15-6-21(19-28(27)38-5-2)18-26-29(35)33-31(37)34(30(26)36)24-11-9-23(32)10-12-24/h6-15,18-20H,4-5,16-17H2,1-3H3,(H,33,35,37)/b26-18-/t20-/m1/s1. The Labute approximate surface area is 238 Å². The lowest BCUT2D eigenvalue weighted by atomic mass is 9.99. The Morgan fingerprint density at radius 1 is 0.875 bits per heavy atom. The topological polar surface area (TPSA) is 94.2 Å². The summed E-state index contributed by atoms with van der Waals surface area (Å²) < 4.78 is 17.4. The van der Waals surface area contributed by atoms with Crippen LogP contribution in [0.25, 0.3) is 6.08 Å². The van der Waals surface area contributed by atoms with Crippen molar-refractivity contribution in [1.29, 1.82) is 0 Å². The van der Waals surface area contributed by atoms with E-state index in [4.69, 9.17) is 25.8 Å². The van der Waals surface area contributed by atoms with Gasteiger partial charge in [-0.2, -0.15) is 0 Å². The van der Waals surface area contributed by atoms with Gasteiger partial charge in [0.2, 0.25) is 0 Å². The number of nitrogens with one attached hydrogen (secondary N) is 1. The summed E-state index contributed by atoms with van der Waals surface area (Å²) >= 11 is 5.92. The second kappa shape index (κ2) is 13.2. The van der Waals surface area contributed by atoms with Gasteiger partial charge in [0.1, 0.15) is 24.5 Å². The Hall–Kier alpha value is -4.30. The largest absolute Gasteiger partial charge is 0.490 e. The average Bonchev–Trinajstić information content (AvgIpc) is 2.95. The van der Waals surface area contributed by atoms with Crippen LogP contribution in [0.4, 0.5) is 10.5 Å². The molecule has 1 N–H and O–H groups in total. The number of carbonyl (C=O) groups excluding carboxylic acids is 3. The van der Waals surface area contributed by atoms with Gasteiger partial charge in [-0.05, 0) is 85.0 Å². The first kappa shape index (κ1) is 28.7. The van der Waals surface area contributed by atoms with Crippen LogP contribution in [0.3, 0.4) is 0 Å². The summed E-state index contributed by atoms with van der Waals surface area (Å²) in [5.41, 5.74) is 1.90. The first-order valence-electron chi connectivity index (χ1n) is 13.1. The summed E-state index contributed by atoms with van der Waals surface area (Å²) in [6.45, 7) is 7.20. The zero-order chi connectivity index (χ0) is 28.6. The molecule has 3 aromatic rings. The highest BCUT2D eigenvalue weighted by molar-refractivity contribution is 6.39. The fourth-order valence-electron chi connectivity index (χ4n) is 4.09. The molecule has 4 rings (SSSR count). The number of halogens is 1. The minimum absolute atomic E-state index is 0.196. The fraction of sp³-hybridized carbons (Fsp3) is 0.258. The molecule has 1 heterocycles. The highest BCUT2D eigenvalue weighted by atomic mass is 35.5. The molecule has 0 saturated carbocycles. The molecule has 40 heavy (non-hydrogen) atoms. The second-order valence-electron chi connectivity index (χ2n) is 9.15. The average molecular weight is 563 g/mol. The molecule has 1 atom stereocenters. The van der Waals surface area contributed by atoms with Crippen LogP contribution in [-0.4, -0.2) is 37.7 Å². The Balaban J connectivity index is 1.45. The molecule has 0 radical (unpaired) electrons. The number of nitrogens with zero attached hydrogens (tertiary/aromatic N) is 1. The molecule has 1 aliphatic heterocycles. The predicted octanol–water partition coefficient (Wildman–Crippen LogP) is 6.38. The van der Waals surface area contributed by atoms with E-state index >= 15 is 0 Å². The Morgan fingerprint density at radius 3 is 2.25 bits per heavy atom. The number of benzene rings is 3. The number of hydrogen-bond donors (Lipinski definition) is 1. The van der Waals surface area contributed by atoms with Gasteiger partial charge in [-0.25, -0.2) is 9.69 Å².